The molecule has 1 atom stereocenters. The van der Waals surface area contributed by atoms with Crippen molar-refractivity contribution in [2.45, 2.75) is 39.4 Å². The second kappa shape index (κ2) is 4.55. The second-order valence-corrected chi connectivity index (χ2v) is 6.52. The minimum absolute atomic E-state index is 0.0318. The van der Waals surface area contributed by atoms with Gasteiger partial charge in [0.15, 0.2) is 5.78 Å². The highest BCUT2D eigenvalue weighted by Gasteiger charge is 2.32. The Balaban J connectivity index is 2.26. The Kier molecular flexibility index (Phi) is 3.38. The molecular formula is C13H20N2O2S. The fraction of sp³-hybridized carbons (Fsp3) is 0.615. The number of hydrogen-bond donors (Lipinski definition) is 1. The molecule has 0 aromatic carbocycles. The number of morpholine rings is 1. The van der Waals surface area contributed by atoms with Crippen LogP contribution in [0.3, 0.4) is 0 Å². The Hall–Kier alpha value is -1.07. The third-order valence-corrected chi connectivity index (χ3v) is 4.26. The molecule has 0 aliphatic carbocycles. The average Bonchev–Trinajstić information content (AvgIpc) is 2.57. The summed E-state index contributed by atoms with van der Waals surface area (Å²) in [5, 5.41) is 1.06. The van der Waals surface area contributed by atoms with Gasteiger partial charge in [0.25, 0.3) is 0 Å². The van der Waals surface area contributed by atoms with Crippen molar-refractivity contribution in [3.05, 3.63) is 10.9 Å². The van der Waals surface area contributed by atoms with Crippen LogP contribution in [0.25, 0.3) is 0 Å². The van der Waals surface area contributed by atoms with Gasteiger partial charge in [-0.1, -0.05) is 0 Å². The normalized spacial score (nSPS) is 23.1. The zero-order chi connectivity index (χ0) is 13.5. The molecule has 1 aromatic rings. The van der Waals surface area contributed by atoms with Gasteiger partial charge in [-0.25, -0.2) is 0 Å². The largest absolute Gasteiger partial charge is 0.397 e. The summed E-state index contributed by atoms with van der Waals surface area (Å²) in [6, 6.07) is 1.90. The Labute approximate surface area is 112 Å². The molecule has 2 rings (SSSR count). The number of rotatable bonds is 2. The van der Waals surface area contributed by atoms with Crippen LogP contribution >= 0.6 is 11.3 Å². The topological polar surface area (TPSA) is 55.6 Å². The average molecular weight is 268 g/mol. The van der Waals surface area contributed by atoms with E-state index >= 15 is 0 Å². The molecule has 100 valence electrons. The number of nitrogen functional groups attached to an aromatic ring is 1. The summed E-state index contributed by atoms with van der Waals surface area (Å²) in [6.07, 6.45) is 0.179. The molecule has 1 unspecified atom stereocenters. The van der Waals surface area contributed by atoms with Gasteiger partial charge in [-0.3, -0.25) is 4.79 Å². The van der Waals surface area contributed by atoms with Gasteiger partial charge in [-0.2, -0.15) is 0 Å². The second-order valence-electron chi connectivity index (χ2n) is 5.49. The lowest BCUT2D eigenvalue weighted by Crippen LogP contribution is -2.51. The third-order valence-electron chi connectivity index (χ3n) is 2.95. The van der Waals surface area contributed by atoms with E-state index in [-0.39, 0.29) is 17.5 Å². The summed E-state index contributed by atoms with van der Waals surface area (Å²) in [4.78, 5) is 14.3. The number of nitrogens with two attached hydrogens (primary N) is 1. The van der Waals surface area contributed by atoms with Gasteiger partial charge in [0.1, 0.15) is 0 Å². The quantitative estimate of drug-likeness (QED) is 0.837. The fourth-order valence-corrected chi connectivity index (χ4v) is 3.43. The molecule has 1 aliphatic heterocycles. The lowest BCUT2D eigenvalue weighted by atomic mass is 10.1. The summed E-state index contributed by atoms with van der Waals surface area (Å²) in [6.45, 7) is 9.43. The zero-order valence-electron chi connectivity index (χ0n) is 11.3. The number of ether oxygens (including phenoxy) is 1. The number of hydrogen-bond acceptors (Lipinski definition) is 5. The first-order valence-corrected chi connectivity index (χ1v) is 6.93. The van der Waals surface area contributed by atoms with Crippen molar-refractivity contribution in [2.24, 2.45) is 0 Å². The Bertz CT molecular complexity index is 468. The maximum atomic E-state index is 11.4. The van der Waals surface area contributed by atoms with Crippen LogP contribution in [-0.4, -0.2) is 30.6 Å². The van der Waals surface area contributed by atoms with Gasteiger partial charge < -0.3 is 15.4 Å². The molecule has 2 heterocycles. The molecule has 1 fully saturated rings. The van der Waals surface area contributed by atoms with E-state index in [4.69, 9.17) is 10.5 Å². The number of ketones is 1. The van der Waals surface area contributed by atoms with Crippen LogP contribution in [-0.2, 0) is 4.74 Å². The first kappa shape index (κ1) is 13.4. The summed E-state index contributed by atoms with van der Waals surface area (Å²) in [7, 11) is 0. The minimum atomic E-state index is -0.174. The lowest BCUT2D eigenvalue weighted by molar-refractivity contribution is -0.0748. The van der Waals surface area contributed by atoms with Crippen LogP contribution in [0.4, 0.5) is 10.7 Å². The first-order valence-electron chi connectivity index (χ1n) is 6.11. The van der Waals surface area contributed by atoms with E-state index in [9.17, 15) is 4.79 Å². The smallest absolute Gasteiger partial charge is 0.171 e. The number of carbonyl (C=O) groups is 1. The van der Waals surface area contributed by atoms with Crippen LogP contribution in [0.2, 0.25) is 0 Å². The van der Waals surface area contributed by atoms with Gasteiger partial charge in [-0.05, 0) is 26.8 Å². The molecule has 0 spiro atoms. The van der Waals surface area contributed by atoms with Gasteiger partial charge in [0.05, 0.1) is 27.3 Å². The summed E-state index contributed by atoms with van der Waals surface area (Å²) in [5.41, 5.74) is 6.29. The molecule has 1 saturated heterocycles. The van der Waals surface area contributed by atoms with Crippen LogP contribution in [0.5, 0.6) is 0 Å². The number of thiophene rings is 1. The van der Waals surface area contributed by atoms with Crippen molar-refractivity contribution >= 4 is 27.8 Å². The summed E-state index contributed by atoms with van der Waals surface area (Å²) >= 11 is 1.47. The monoisotopic (exact) mass is 268 g/mol. The van der Waals surface area contributed by atoms with Crippen molar-refractivity contribution in [1.29, 1.82) is 0 Å². The van der Waals surface area contributed by atoms with Crippen molar-refractivity contribution in [3.8, 4) is 0 Å². The SMILES string of the molecule is CC(=O)c1sc(N2CC(C)OC(C)(C)C2)cc1N. The van der Waals surface area contributed by atoms with Crippen molar-refractivity contribution in [2.75, 3.05) is 23.7 Å². The summed E-state index contributed by atoms with van der Waals surface area (Å²) in [5.74, 6) is 0.0318. The number of carbonyl (C=O) groups excluding carboxylic acids is 1. The lowest BCUT2D eigenvalue weighted by Gasteiger charge is -2.42. The molecule has 0 saturated carbocycles. The molecule has 18 heavy (non-hydrogen) atoms. The Morgan fingerprint density at radius 2 is 2.28 bits per heavy atom. The molecule has 0 bridgehead atoms. The molecule has 4 nitrogen and oxygen atoms in total. The van der Waals surface area contributed by atoms with E-state index in [0.29, 0.717) is 10.6 Å². The highest BCUT2D eigenvalue weighted by Crippen LogP contribution is 2.35. The van der Waals surface area contributed by atoms with Gasteiger partial charge in [-0.15, -0.1) is 11.3 Å². The molecule has 5 heteroatoms. The van der Waals surface area contributed by atoms with E-state index in [2.05, 4.69) is 25.7 Å². The molecule has 0 amide bonds. The van der Waals surface area contributed by atoms with Crippen LogP contribution in [0, 0.1) is 0 Å². The van der Waals surface area contributed by atoms with Gasteiger partial charge in [0.2, 0.25) is 0 Å². The number of Topliss-reactive ketones (excluding diaryl/α,β-unsaturated/α-hetero) is 1. The number of nitrogens with zero attached hydrogens (tertiary/aromatic N) is 1. The molecule has 2 N–H and O–H groups in total. The molecule has 1 aromatic heterocycles. The predicted octanol–water partition coefficient (Wildman–Crippen LogP) is 2.54. The fourth-order valence-electron chi connectivity index (χ4n) is 2.44. The first-order chi connectivity index (χ1) is 8.28. The third kappa shape index (κ3) is 2.67. The standard InChI is InChI=1S/C13H20N2O2S/c1-8-6-15(7-13(3,4)17-8)11-5-10(14)12(18-11)9(2)16/h5,8H,6-7,14H2,1-4H3. The predicted molar refractivity (Wildman–Crippen MR) is 75.6 cm³/mol. The molecule has 1 aliphatic rings. The van der Waals surface area contributed by atoms with Gasteiger partial charge >= 0.3 is 0 Å². The zero-order valence-corrected chi connectivity index (χ0v) is 12.1. The van der Waals surface area contributed by atoms with E-state index in [1.807, 2.05) is 6.07 Å². The van der Waals surface area contributed by atoms with E-state index in [0.717, 1.165) is 18.1 Å². The Morgan fingerprint density at radius 3 is 2.78 bits per heavy atom. The van der Waals surface area contributed by atoms with Gasteiger partial charge in [0, 0.05) is 20.0 Å². The number of anilines is 2. The maximum Gasteiger partial charge on any atom is 0.171 e. The van der Waals surface area contributed by atoms with Crippen molar-refractivity contribution in [1.82, 2.24) is 0 Å². The maximum absolute atomic E-state index is 11.4. The van der Waals surface area contributed by atoms with Crippen LogP contribution in [0.15, 0.2) is 6.07 Å². The van der Waals surface area contributed by atoms with E-state index in [1.54, 1.807) is 6.92 Å². The summed E-state index contributed by atoms with van der Waals surface area (Å²) < 4.78 is 5.87. The van der Waals surface area contributed by atoms with E-state index in [1.165, 1.54) is 11.3 Å². The van der Waals surface area contributed by atoms with Crippen LogP contribution < -0.4 is 10.6 Å². The molecular weight excluding hydrogens is 248 g/mol. The van der Waals surface area contributed by atoms with Crippen LogP contribution in [0.1, 0.15) is 37.4 Å². The highest BCUT2D eigenvalue weighted by molar-refractivity contribution is 7.18. The van der Waals surface area contributed by atoms with E-state index < -0.39 is 0 Å². The minimum Gasteiger partial charge on any atom is -0.397 e. The molecule has 0 radical (unpaired) electrons. The van der Waals surface area contributed by atoms with Crippen molar-refractivity contribution in [3.63, 3.8) is 0 Å². The van der Waals surface area contributed by atoms with Crippen molar-refractivity contribution < 1.29 is 9.53 Å². The Morgan fingerprint density at radius 1 is 1.61 bits per heavy atom. The highest BCUT2D eigenvalue weighted by atomic mass is 32.1.